The lowest BCUT2D eigenvalue weighted by atomic mass is 9.99. The zero-order chi connectivity index (χ0) is 36.0. The van der Waals surface area contributed by atoms with Crippen molar-refractivity contribution in [3.63, 3.8) is 0 Å². The summed E-state index contributed by atoms with van der Waals surface area (Å²) in [6.07, 6.45) is 31.0. The first-order valence-electron chi connectivity index (χ1n) is 19.4. The minimum absolute atomic E-state index is 0.198. The Morgan fingerprint density at radius 2 is 1.24 bits per heavy atom. The molecular formula is C40H71NO8. The summed E-state index contributed by atoms with van der Waals surface area (Å²) in [5.41, 5.74) is 0. The maximum Gasteiger partial charge on any atom is 0.220 e. The van der Waals surface area contributed by atoms with E-state index in [4.69, 9.17) is 9.47 Å². The van der Waals surface area contributed by atoms with E-state index in [9.17, 15) is 30.3 Å². The topological polar surface area (TPSA) is 149 Å². The molecule has 1 amide bonds. The van der Waals surface area contributed by atoms with Crippen LogP contribution in [0.1, 0.15) is 142 Å². The molecule has 0 aliphatic carbocycles. The number of unbranched alkanes of at least 4 members (excludes halogenated alkanes) is 14. The van der Waals surface area contributed by atoms with E-state index in [1.165, 1.54) is 64.2 Å². The number of hydrogen-bond acceptors (Lipinski definition) is 8. The maximum atomic E-state index is 12.7. The number of allylic oxidation sites excluding steroid dienone is 7. The van der Waals surface area contributed by atoms with Gasteiger partial charge in [-0.2, -0.15) is 0 Å². The molecule has 1 saturated heterocycles. The van der Waals surface area contributed by atoms with Crippen LogP contribution in [0.15, 0.2) is 48.6 Å². The summed E-state index contributed by atoms with van der Waals surface area (Å²) in [6, 6.07) is -0.804. The third-order valence-corrected chi connectivity index (χ3v) is 8.88. The number of carbonyl (C=O) groups is 1. The SMILES string of the molecule is CCC/C=C/C(O)C(COC1OC(CO)C(O)C(O)C1O)NC(=O)CCCCCCCCCC/C=C\C/C=C\C/C=C\CCCCCCC. The van der Waals surface area contributed by atoms with Crippen molar-refractivity contribution in [2.75, 3.05) is 13.2 Å². The van der Waals surface area contributed by atoms with E-state index in [0.29, 0.717) is 6.42 Å². The van der Waals surface area contributed by atoms with E-state index in [1.54, 1.807) is 6.08 Å². The second-order valence-electron chi connectivity index (χ2n) is 13.4. The van der Waals surface area contributed by atoms with Gasteiger partial charge in [-0.05, 0) is 51.4 Å². The number of aliphatic hydroxyl groups is 5. The van der Waals surface area contributed by atoms with Crippen molar-refractivity contribution in [1.82, 2.24) is 5.32 Å². The van der Waals surface area contributed by atoms with Gasteiger partial charge in [-0.25, -0.2) is 0 Å². The zero-order valence-electron chi connectivity index (χ0n) is 30.7. The zero-order valence-corrected chi connectivity index (χ0v) is 30.7. The molecule has 1 rings (SSSR count). The van der Waals surface area contributed by atoms with Gasteiger partial charge in [0.15, 0.2) is 6.29 Å². The molecule has 7 unspecified atom stereocenters. The third kappa shape index (κ3) is 22.6. The monoisotopic (exact) mass is 694 g/mol. The molecule has 1 aliphatic rings. The van der Waals surface area contributed by atoms with E-state index in [2.05, 4.69) is 48.7 Å². The predicted molar refractivity (Wildman–Crippen MR) is 198 cm³/mol. The fourth-order valence-corrected chi connectivity index (χ4v) is 5.70. The second kappa shape index (κ2) is 30.9. The van der Waals surface area contributed by atoms with Gasteiger partial charge in [0.05, 0.1) is 25.4 Å². The first-order chi connectivity index (χ1) is 23.8. The summed E-state index contributed by atoms with van der Waals surface area (Å²) in [5.74, 6) is -0.200. The van der Waals surface area contributed by atoms with Crippen LogP contribution in [0.2, 0.25) is 0 Å². The Balaban J connectivity index is 2.17. The van der Waals surface area contributed by atoms with E-state index >= 15 is 0 Å². The molecule has 1 heterocycles. The molecule has 1 aliphatic heterocycles. The fourth-order valence-electron chi connectivity index (χ4n) is 5.70. The minimum Gasteiger partial charge on any atom is -0.394 e. The minimum atomic E-state index is -1.56. The number of aliphatic hydroxyl groups excluding tert-OH is 5. The van der Waals surface area contributed by atoms with Crippen LogP contribution in [0.4, 0.5) is 0 Å². The van der Waals surface area contributed by atoms with Gasteiger partial charge in [0.25, 0.3) is 0 Å². The molecule has 1 fully saturated rings. The van der Waals surface area contributed by atoms with Gasteiger partial charge in [0, 0.05) is 6.42 Å². The highest BCUT2D eigenvalue weighted by Gasteiger charge is 2.44. The Kier molecular flexibility index (Phi) is 28.5. The van der Waals surface area contributed by atoms with Crippen molar-refractivity contribution in [1.29, 1.82) is 0 Å². The number of ether oxygens (including phenoxy) is 2. The highest BCUT2D eigenvalue weighted by molar-refractivity contribution is 5.76. The number of carbonyl (C=O) groups excluding carboxylic acids is 1. The first-order valence-corrected chi connectivity index (χ1v) is 19.4. The summed E-state index contributed by atoms with van der Waals surface area (Å²) < 4.78 is 11.0. The molecule has 9 nitrogen and oxygen atoms in total. The summed E-state index contributed by atoms with van der Waals surface area (Å²) in [5, 5.41) is 53.2. The van der Waals surface area contributed by atoms with Crippen LogP contribution in [-0.2, 0) is 14.3 Å². The highest BCUT2D eigenvalue weighted by Crippen LogP contribution is 2.22. The number of nitrogens with one attached hydrogen (secondary N) is 1. The molecule has 9 heteroatoms. The second-order valence-corrected chi connectivity index (χ2v) is 13.4. The van der Waals surface area contributed by atoms with Gasteiger partial charge >= 0.3 is 0 Å². The molecule has 0 aromatic rings. The Bertz CT molecular complexity index is 905. The molecule has 0 aromatic heterocycles. The van der Waals surface area contributed by atoms with Crippen molar-refractivity contribution in [3.05, 3.63) is 48.6 Å². The number of amides is 1. The molecule has 0 radical (unpaired) electrons. The van der Waals surface area contributed by atoms with E-state index in [1.807, 2.05) is 13.0 Å². The quantitative estimate of drug-likeness (QED) is 0.0359. The molecule has 0 aromatic carbocycles. The van der Waals surface area contributed by atoms with Gasteiger partial charge in [-0.15, -0.1) is 0 Å². The summed E-state index contributed by atoms with van der Waals surface area (Å²) in [4.78, 5) is 12.7. The molecular weight excluding hydrogens is 622 g/mol. The lowest BCUT2D eigenvalue weighted by Gasteiger charge is -2.40. The van der Waals surface area contributed by atoms with E-state index < -0.39 is 49.5 Å². The van der Waals surface area contributed by atoms with Gasteiger partial charge in [-0.3, -0.25) is 4.79 Å². The van der Waals surface area contributed by atoms with Crippen LogP contribution in [0.3, 0.4) is 0 Å². The van der Waals surface area contributed by atoms with Gasteiger partial charge in [0.1, 0.15) is 24.4 Å². The Morgan fingerprint density at radius 3 is 1.82 bits per heavy atom. The average molecular weight is 694 g/mol. The number of hydrogen-bond donors (Lipinski definition) is 6. The molecule has 49 heavy (non-hydrogen) atoms. The van der Waals surface area contributed by atoms with Crippen molar-refractivity contribution < 1.29 is 39.8 Å². The van der Waals surface area contributed by atoms with Crippen LogP contribution >= 0.6 is 0 Å². The fraction of sp³-hybridized carbons (Fsp3) is 0.775. The van der Waals surface area contributed by atoms with Crippen LogP contribution in [0.25, 0.3) is 0 Å². The van der Waals surface area contributed by atoms with E-state index in [0.717, 1.165) is 57.8 Å². The van der Waals surface area contributed by atoms with E-state index in [-0.39, 0.29) is 12.5 Å². The number of rotatable bonds is 30. The third-order valence-electron chi connectivity index (χ3n) is 8.88. The van der Waals surface area contributed by atoms with Crippen molar-refractivity contribution in [2.45, 2.75) is 185 Å². The summed E-state index contributed by atoms with van der Waals surface area (Å²) in [7, 11) is 0. The van der Waals surface area contributed by atoms with Crippen LogP contribution in [0.5, 0.6) is 0 Å². The van der Waals surface area contributed by atoms with Crippen molar-refractivity contribution >= 4 is 5.91 Å². The smallest absolute Gasteiger partial charge is 0.220 e. The maximum absolute atomic E-state index is 12.7. The summed E-state index contributed by atoms with van der Waals surface area (Å²) in [6.45, 7) is 3.51. The van der Waals surface area contributed by atoms with Crippen LogP contribution in [0, 0.1) is 0 Å². The highest BCUT2D eigenvalue weighted by atomic mass is 16.7. The van der Waals surface area contributed by atoms with Crippen LogP contribution < -0.4 is 5.32 Å². The summed E-state index contributed by atoms with van der Waals surface area (Å²) >= 11 is 0. The first kappa shape index (κ1) is 45.2. The molecule has 0 spiro atoms. The standard InChI is InChI=1S/C40H71NO8/c1-3-5-7-8-9-10-11-12-13-14-15-16-17-18-19-20-21-22-23-24-25-26-28-30-36(44)41-33(34(43)29-27-6-4-2)32-48-40-39(47)38(46)37(45)35(31-42)49-40/h11-12,14-15,17-18,27,29,33-35,37-40,42-43,45-47H,3-10,13,16,19-26,28,30-32H2,1-2H3,(H,41,44)/b12-11-,15-14-,18-17-,29-27+. The van der Waals surface area contributed by atoms with Crippen molar-refractivity contribution in [3.8, 4) is 0 Å². The molecule has 7 atom stereocenters. The Morgan fingerprint density at radius 1 is 0.694 bits per heavy atom. The lowest BCUT2D eigenvalue weighted by molar-refractivity contribution is -0.302. The molecule has 0 saturated carbocycles. The average Bonchev–Trinajstić information content (AvgIpc) is 3.10. The predicted octanol–water partition coefficient (Wildman–Crippen LogP) is 6.72. The van der Waals surface area contributed by atoms with Gasteiger partial charge < -0.3 is 40.3 Å². The largest absolute Gasteiger partial charge is 0.394 e. The molecule has 6 N–H and O–H groups in total. The Labute approximate surface area is 297 Å². The van der Waals surface area contributed by atoms with Gasteiger partial charge in [-0.1, -0.05) is 133 Å². The molecule has 284 valence electrons. The van der Waals surface area contributed by atoms with Crippen molar-refractivity contribution in [2.24, 2.45) is 0 Å². The van der Waals surface area contributed by atoms with Gasteiger partial charge in [0.2, 0.25) is 5.91 Å². The Hall–Kier alpha value is -1.85. The normalized spacial score (nSPS) is 23.0. The molecule has 0 bridgehead atoms. The van der Waals surface area contributed by atoms with Crippen LogP contribution in [-0.4, -0.2) is 87.5 Å². The lowest BCUT2D eigenvalue weighted by Crippen LogP contribution is -2.60.